The van der Waals surface area contributed by atoms with Gasteiger partial charge in [-0.3, -0.25) is 0 Å². The Bertz CT molecular complexity index is 727. The second kappa shape index (κ2) is 11.0. The molecule has 1 heterocycles. The van der Waals surface area contributed by atoms with Gasteiger partial charge in [0.15, 0.2) is 5.96 Å². The lowest BCUT2D eigenvalue weighted by atomic mass is 10.1. The van der Waals surface area contributed by atoms with Gasteiger partial charge < -0.3 is 15.8 Å². The first-order chi connectivity index (χ1) is 12.4. The van der Waals surface area contributed by atoms with Gasteiger partial charge in [-0.2, -0.15) is 17.0 Å². The summed E-state index contributed by atoms with van der Waals surface area (Å²) in [5, 5.41) is 3.06. The van der Waals surface area contributed by atoms with Gasteiger partial charge in [0.05, 0.1) is 13.7 Å². The van der Waals surface area contributed by atoms with Crippen LogP contribution in [-0.4, -0.2) is 63.3 Å². The predicted octanol–water partition coefficient (Wildman–Crippen LogP) is 1.38. The van der Waals surface area contributed by atoms with Gasteiger partial charge in [0.1, 0.15) is 5.75 Å². The summed E-state index contributed by atoms with van der Waals surface area (Å²) in [6, 6.07) is 7.50. The van der Waals surface area contributed by atoms with Gasteiger partial charge in [0.25, 0.3) is 10.2 Å². The summed E-state index contributed by atoms with van der Waals surface area (Å²) in [5.74, 6) is 1.06. The van der Waals surface area contributed by atoms with Crippen molar-refractivity contribution in [2.24, 2.45) is 10.7 Å². The molecule has 1 fully saturated rings. The van der Waals surface area contributed by atoms with E-state index in [0.717, 1.165) is 30.6 Å². The molecule has 27 heavy (non-hydrogen) atoms. The molecule has 2 rings (SSSR count). The molecule has 1 saturated heterocycles. The number of aliphatic imine (C=N–C) groups is 1. The van der Waals surface area contributed by atoms with Crippen LogP contribution in [0.25, 0.3) is 0 Å². The number of benzene rings is 1. The molecular formula is C17H30IN5O3S. The molecule has 0 bridgehead atoms. The fraction of sp³-hybridized carbons (Fsp3) is 0.588. The average Bonchev–Trinajstić information content (AvgIpc) is 2.64. The number of piperidine rings is 1. The van der Waals surface area contributed by atoms with Crippen molar-refractivity contribution in [3.05, 3.63) is 29.8 Å². The number of para-hydroxylation sites is 1. The van der Waals surface area contributed by atoms with E-state index in [2.05, 4.69) is 10.3 Å². The Hall–Kier alpha value is -1.11. The number of nitrogens with one attached hydrogen (secondary N) is 1. The SMILES string of the molecule is COc1ccccc1CN=C(N)NCC1CCCCN1S(=O)(=O)N(C)C.I. The highest BCUT2D eigenvalue weighted by molar-refractivity contribution is 14.0. The molecular weight excluding hydrogens is 481 g/mol. The van der Waals surface area contributed by atoms with Crippen LogP contribution in [0.2, 0.25) is 0 Å². The Morgan fingerprint density at radius 2 is 2.07 bits per heavy atom. The van der Waals surface area contributed by atoms with Crippen LogP contribution in [0.5, 0.6) is 5.75 Å². The average molecular weight is 511 g/mol. The van der Waals surface area contributed by atoms with Gasteiger partial charge in [-0.25, -0.2) is 4.99 Å². The van der Waals surface area contributed by atoms with Gasteiger partial charge in [-0.05, 0) is 18.9 Å². The number of nitrogens with two attached hydrogens (primary N) is 1. The maximum absolute atomic E-state index is 12.5. The number of nitrogens with zero attached hydrogens (tertiary/aromatic N) is 3. The summed E-state index contributed by atoms with van der Waals surface area (Å²) in [4.78, 5) is 4.33. The van der Waals surface area contributed by atoms with E-state index in [0.29, 0.717) is 25.6 Å². The maximum atomic E-state index is 12.5. The molecule has 1 atom stereocenters. The molecule has 1 aromatic carbocycles. The Kier molecular flexibility index (Phi) is 9.77. The van der Waals surface area contributed by atoms with Crippen LogP contribution in [0, 0.1) is 0 Å². The van der Waals surface area contributed by atoms with Crippen molar-refractivity contribution in [3.8, 4) is 5.75 Å². The summed E-state index contributed by atoms with van der Waals surface area (Å²) in [6.45, 7) is 1.37. The Labute approximate surface area is 179 Å². The molecule has 0 spiro atoms. The molecule has 3 N–H and O–H groups in total. The topological polar surface area (TPSA) is 100 Å². The lowest BCUT2D eigenvalue weighted by Crippen LogP contribution is -2.53. The van der Waals surface area contributed by atoms with Gasteiger partial charge in [-0.15, -0.1) is 24.0 Å². The zero-order valence-corrected chi connectivity index (χ0v) is 19.2. The number of methoxy groups -OCH3 is 1. The van der Waals surface area contributed by atoms with Crippen molar-refractivity contribution in [1.29, 1.82) is 0 Å². The van der Waals surface area contributed by atoms with Crippen molar-refractivity contribution in [3.63, 3.8) is 0 Å². The van der Waals surface area contributed by atoms with Gasteiger partial charge in [0.2, 0.25) is 0 Å². The van der Waals surface area contributed by atoms with Gasteiger partial charge >= 0.3 is 0 Å². The maximum Gasteiger partial charge on any atom is 0.281 e. The number of guanidine groups is 1. The molecule has 1 aliphatic rings. The van der Waals surface area contributed by atoms with E-state index in [1.807, 2.05) is 24.3 Å². The van der Waals surface area contributed by atoms with E-state index < -0.39 is 10.2 Å². The minimum atomic E-state index is -3.43. The molecule has 0 saturated carbocycles. The smallest absolute Gasteiger partial charge is 0.281 e. The van der Waals surface area contributed by atoms with Gasteiger partial charge in [-0.1, -0.05) is 24.6 Å². The number of rotatable bonds is 7. The van der Waals surface area contributed by atoms with Crippen molar-refractivity contribution in [1.82, 2.24) is 13.9 Å². The van der Waals surface area contributed by atoms with E-state index in [9.17, 15) is 8.42 Å². The molecule has 0 aromatic heterocycles. The van der Waals surface area contributed by atoms with Crippen molar-refractivity contribution < 1.29 is 13.2 Å². The number of ether oxygens (including phenoxy) is 1. The van der Waals surface area contributed by atoms with E-state index in [4.69, 9.17) is 10.5 Å². The highest BCUT2D eigenvalue weighted by Gasteiger charge is 2.33. The predicted molar refractivity (Wildman–Crippen MR) is 119 cm³/mol. The molecule has 10 heteroatoms. The normalized spacial score (nSPS) is 18.8. The van der Waals surface area contributed by atoms with Crippen LogP contribution in [0.1, 0.15) is 24.8 Å². The highest BCUT2D eigenvalue weighted by atomic mass is 127. The molecule has 154 valence electrons. The van der Waals surface area contributed by atoms with E-state index in [1.54, 1.807) is 25.5 Å². The van der Waals surface area contributed by atoms with Gasteiger partial charge in [0, 0.05) is 38.8 Å². The van der Waals surface area contributed by atoms with Crippen LogP contribution in [0.15, 0.2) is 29.3 Å². The molecule has 8 nitrogen and oxygen atoms in total. The second-order valence-corrected chi connectivity index (χ2v) is 8.54. The highest BCUT2D eigenvalue weighted by Crippen LogP contribution is 2.21. The summed E-state index contributed by atoms with van der Waals surface area (Å²) < 4.78 is 33.0. The fourth-order valence-electron chi connectivity index (χ4n) is 2.97. The number of hydrogen-bond acceptors (Lipinski definition) is 4. The molecule has 1 aliphatic heterocycles. The zero-order valence-electron chi connectivity index (χ0n) is 16.1. The Morgan fingerprint density at radius 3 is 2.74 bits per heavy atom. The lowest BCUT2D eigenvalue weighted by Gasteiger charge is -2.36. The van der Waals surface area contributed by atoms with E-state index in [-0.39, 0.29) is 30.0 Å². The van der Waals surface area contributed by atoms with Crippen molar-refractivity contribution >= 4 is 40.1 Å². The molecule has 0 radical (unpaired) electrons. The third-order valence-corrected chi connectivity index (χ3v) is 6.46. The lowest BCUT2D eigenvalue weighted by molar-refractivity contribution is 0.240. The first kappa shape index (κ1) is 23.9. The van der Waals surface area contributed by atoms with Crippen molar-refractivity contribution in [2.45, 2.75) is 31.8 Å². The van der Waals surface area contributed by atoms with Crippen LogP contribution < -0.4 is 15.8 Å². The van der Waals surface area contributed by atoms with Crippen LogP contribution in [0.3, 0.4) is 0 Å². The minimum absolute atomic E-state index is 0. The second-order valence-electron chi connectivity index (χ2n) is 6.44. The third kappa shape index (κ3) is 6.47. The molecule has 0 amide bonds. The Balaban J connectivity index is 0.00000364. The zero-order chi connectivity index (χ0) is 19.2. The van der Waals surface area contributed by atoms with Crippen molar-refractivity contribution in [2.75, 3.05) is 34.3 Å². The summed E-state index contributed by atoms with van der Waals surface area (Å²) in [5.41, 5.74) is 6.90. The largest absolute Gasteiger partial charge is 0.496 e. The summed E-state index contributed by atoms with van der Waals surface area (Å²) in [6.07, 6.45) is 2.69. The first-order valence-electron chi connectivity index (χ1n) is 8.71. The minimum Gasteiger partial charge on any atom is -0.496 e. The van der Waals surface area contributed by atoms with Crippen LogP contribution >= 0.6 is 24.0 Å². The number of halogens is 1. The third-order valence-electron chi connectivity index (χ3n) is 4.46. The first-order valence-corrected chi connectivity index (χ1v) is 10.1. The summed E-state index contributed by atoms with van der Waals surface area (Å²) in [7, 11) is 1.29. The molecule has 1 aromatic rings. The van der Waals surface area contributed by atoms with Crippen LogP contribution in [-0.2, 0) is 16.8 Å². The fourth-order valence-corrected chi connectivity index (χ4v) is 4.31. The Morgan fingerprint density at radius 1 is 1.37 bits per heavy atom. The van der Waals surface area contributed by atoms with E-state index in [1.165, 1.54) is 4.31 Å². The molecule has 0 aliphatic carbocycles. The standard InChI is InChI=1S/C17H29N5O3S.HI/c1-21(2)26(23,24)22-11-7-6-9-15(22)13-20-17(18)19-12-14-8-4-5-10-16(14)25-3;/h4-5,8,10,15H,6-7,9,11-13H2,1-3H3,(H3,18,19,20);1H. The quantitative estimate of drug-likeness (QED) is 0.328. The summed E-state index contributed by atoms with van der Waals surface area (Å²) >= 11 is 0. The number of hydrogen-bond donors (Lipinski definition) is 2. The molecule has 1 unspecified atom stereocenters. The van der Waals surface area contributed by atoms with E-state index >= 15 is 0 Å². The monoisotopic (exact) mass is 511 g/mol. The van der Waals surface area contributed by atoms with Crippen LogP contribution in [0.4, 0.5) is 0 Å².